The maximum absolute atomic E-state index is 12.3. The monoisotopic (exact) mass is 300 g/mol. The predicted octanol–water partition coefficient (Wildman–Crippen LogP) is 2.17. The smallest absolute Gasteiger partial charge is 0.326 e. The van der Waals surface area contributed by atoms with Crippen LogP contribution in [0, 0.1) is 5.92 Å². The number of amides is 2. The standard InChI is InChI=1S/C14H24N2O3S/c1-10-4-7-16(11(8-10)12(17)18)13(19)15-9-14(20-2)5-3-6-14/h10-11H,3-9H2,1-2H3,(H,15,19)(H,17,18). The van der Waals surface area contributed by atoms with E-state index in [9.17, 15) is 14.7 Å². The van der Waals surface area contributed by atoms with Gasteiger partial charge in [0.1, 0.15) is 6.04 Å². The summed E-state index contributed by atoms with van der Waals surface area (Å²) >= 11 is 1.81. The molecule has 1 saturated heterocycles. The van der Waals surface area contributed by atoms with E-state index in [2.05, 4.69) is 11.6 Å². The van der Waals surface area contributed by atoms with Crippen LogP contribution in [0.4, 0.5) is 4.79 Å². The number of carbonyl (C=O) groups excluding carboxylic acids is 1. The van der Waals surface area contributed by atoms with Gasteiger partial charge in [-0.05, 0) is 37.9 Å². The van der Waals surface area contributed by atoms with Gasteiger partial charge in [0.2, 0.25) is 0 Å². The van der Waals surface area contributed by atoms with Crippen molar-refractivity contribution in [3.05, 3.63) is 0 Å². The van der Waals surface area contributed by atoms with E-state index in [1.165, 1.54) is 11.3 Å². The summed E-state index contributed by atoms with van der Waals surface area (Å²) in [6.45, 7) is 3.23. The lowest BCUT2D eigenvalue weighted by Gasteiger charge is -2.42. The number of hydrogen-bond acceptors (Lipinski definition) is 3. The molecule has 6 heteroatoms. The molecule has 2 unspecified atom stereocenters. The number of nitrogens with zero attached hydrogens (tertiary/aromatic N) is 1. The van der Waals surface area contributed by atoms with Crippen LogP contribution in [-0.4, -0.2) is 52.1 Å². The lowest BCUT2D eigenvalue weighted by atomic mass is 9.84. The maximum atomic E-state index is 12.3. The Labute approximate surface area is 124 Å². The number of nitrogens with one attached hydrogen (secondary N) is 1. The van der Waals surface area contributed by atoms with E-state index in [0.717, 1.165) is 19.3 Å². The van der Waals surface area contributed by atoms with Crippen LogP contribution in [0.3, 0.4) is 0 Å². The number of carbonyl (C=O) groups is 2. The third-order valence-electron chi connectivity index (χ3n) is 4.67. The van der Waals surface area contributed by atoms with E-state index in [1.807, 2.05) is 6.92 Å². The summed E-state index contributed by atoms with van der Waals surface area (Å²) in [6, 6.07) is -0.894. The highest BCUT2D eigenvalue weighted by Crippen LogP contribution is 2.42. The van der Waals surface area contributed by atoms with Gasteiger partial charge in [-0.15, -0.1) is 0 Å². The highest BCUT2D eigenvalue weighted by molar-refractivity contribution is 8.00. The van der Waals surface area contributed by atoms with Crippen LogP contribution in [0.25, 0.3) is 0 Å². The molecule has 2 amide bonds. The number of likely N-dealkylation sites (tertiary alicyclic amines) is 1. The highest BCUT2D eigenvalue weighted by Gasteiger charge is 2.39. The Morgan fingerprint density at radius 2 is 2.15 bits per heavy atom. The second kappa shape index (κ2) is 6.24. The molecule has 114 valence electrons. The minimum absolute atomic E-state index is 0.178. The summed E-state index contributed by atoms with van der Waals surface area (Å²) in [6.07, 6.45) is 6.99. The van der Waals surface area contributed by atoms with Crippen LogP contribution in [0.2, 0.25) is 0 Å². The fraction of sp³-hybridized carbons (Fsp3) is 0.857. The van der Waals surface area contributed by atoms with Crippen molar-refractivity contribution in [1.29, 1.82) is 0 Å². The van der Waals surface area contributed by atoms with Crippen LogP contribution < -0.4 is 5.32 Å². The van der Waals surface area contributed by atoms with E-state index in [4.69, 9.17) is 0 Å². The largest absolute Gasteiger partial charge is 0.480 e. The number of thioether (sulfide) groups is 1. The summed E-state index contributed by atoms with van der Waals surface area (Å²) in [5.41, 5.74) is 0. The first-order valence-corrected chi connectivity index (χ1v) is 8.52. The summed E-state index contributed by atoms with van der Waals surface area (Å²) in [4.78, 5) is 25.1. The number of carboxylic acid groups (broad SMARTS) is 1. The lowest BCUT2D eigenvalue weighted by Crippen LogP contribution is -2.55. The zero-order valence-electron chi connectivity index (χ0n) is 12.2. The number of urea groups is 1. The van der Waals surface area contributed by atoms with Crippen molar-refractivity contribution >= 4 is 23.8 Å². The van der Waals surface area contributed by atoms with Crippen LogP contribution in [0.5, 0.6) is 0 Å². The average molecular weight is 300 g/mol. The molecule has 0 aromatic heterocycles. The van der Waals surface area contributed by atoms with Gasteiger partial charge in [0.15, 0.2) is 0 Å². The molecule has 2 N–H and O–H groups in total. The topological polar surface area (TPSA) is 69.6 Å². The first kappa shape index (κ1) is 15.5. The summed E-state index contributed by atoms with van der Waals surface area (Å²) in [5.74, 6) is -0.528. The van der Waals surface area contributed by atoms with Gasteiger partial charge in [0, 0.05) is 17.8 Å². The first-order chi connectivity index (χ1) is 9.47. The van der Waals surface area contributed by atoms with Crippen molar-refractivity contribution in [2.75, 3.05) is 19.3 Å². The molecule has 1 aliphatic carbocycles. The molecule has 1 aliphatic heterocycles. The van der Waals surface area contributed by atoms with Crippen molar-refractivity contribution in [2.45, 2.75) is 49.8 Å². The third kappa shape index (κ3) is 3.22. The molecule has 5 nitrogen and oxygen atoms in total. The molecule has 0 aromatic rings. The molecule has 0 bridgehead atoms. The van der Waals surface area contributed by atoms with E-state index in [-0.39, 0.29) is 10.8 Å². The Morgan fingerprint density at radius 3 is 2.65 bits per heavy atom. The van der Waals surface area contributed by atoms with E-state index in [0.29, 0.717) is 25.4 Å². The molecule has 1 saturated carbocycles. The Kier molecular flexibility index (Phi) is 4.83. The van der Waals surface area contributed by atoms with Gasteiger partial charge in [0.25, 0.3) is 0 Å². The Hall–Kier alpha value is -0.910. The van der Waals surface area contributed by atoms with Gasteiger partial charge in [-0.1, -0.05) is 13.3 Å². The van der Waals surface area contributed by atoms with Crippen LogP contribution in [0.1, 0.15) is 39.0 Å². The minimum Gasteiger partial charge on any atom is -0.480 e. The first-order valence-electron chi connectivity index (χ1n) is 7.30. The molecular formula is C14H24N2O3S. The van der Waals surface area contributed by atoms with Gasteiger partial charge in [-0.3, -0.25) is 0 Å². The quantitative estimate of drug-likeness (QED) is 0.835. The molecule has 2 rings (SSSR count). The average Bonchev–Trinajstić information content (AvgIpc) is 2.37. The highest BCUT2D eigenvalue weighted by atomic mass is 32.2. The van der Waals surface area contributed by atoms with Crippen LogP contribution in [0.15, 0.2) is 0 Å². The summed E-state index contributed by atoms with van der Waals surface area (Å²) in [7, 11) is 0. The molecular weight excluding hydrogens is 276 g/mol. The van der Waals surface area contributed by atoms with Crippen molar-refractivity contribution in [3.63, 3.8) is 0 Å². The van der Waals surface area contributed by atoms with Gasteiger partial charge in [-0.2, -0.15) is 11.8 Å². The fourth-order valence-electron chi connectivity index (χ4n) is 2.98. The number of carboxylic acids is 1. The van der Waals surface area contributed by atoms with E-state index < -0.39 is 12.0 Å². The maximum Gasteiger partial charge on any atom is 0.326 e. The number of hydrogen-bond donors (Lipinski definition) is 2. The molecule has 2 atom stereocenters. The van der Waals surface area contributed by atoms with E-state index >= 15 is 0 Å². The van der Waals surface area contributed by atoms with Crippen molar-refractivity contribution in [1.82, 2.24) is 10.2 Å². The number of rotatable bonds is 4. The van der Waals surface area contributed by atoms with Gasteiger partial charge >= 0.3 is 12.0 Å². The fourth-order valence-corrected chi connectivity index (χ4v) is 3.89. The summed E-state index contributed by atoms with van der Waals surface area (Å²) < 4.78 is 0.178. The molecule has 1 heterocycles. The Bertz CT molecular complexity index is 379. The Morgan fingerprint density at radius 1 is 1.45 bits per heavy atom. The molecule has 2 fully saturated rings. The zero-order chi connectivity index (χ0) is 14.8. The van der Waals surface area contributed by atoms with Crippen LogP contribution in [-0.2, 0) is 4.79 Å². The lowest BCUT2D eigenvalue weighted by molar-refractivity contribution is -0.143. The molecule has 20 heavy (non-hydrogen) atoms. The van der Waals surface area contributed by atoms with Gasteiger partial charge < -0.3 is 15.3 Å². The second-order valence-corrected chi connectivity index (χ2v) is 7.35. The van der Waals surface area contributed by atoms with Gasteiger partial charge in [-0.25, -0.2) is 9.59 Å². The SMILES string of the molecule is CSC1(CNC(=O)N2CCC(C)CC2C(=O)O)CCC1. The second-order valence-electron chi connectivity index (χ2n) is 6.08. The normalized spacial score (nSPS) is 28.6. The van der Waals surface area contributed by atoms with Gasteiger partial charge in [0.05, 0.1) is 0 Å². The van der Waals surface area contributed by atoms with Crippen molar-refractivity contribution in [3.8, 4) is 0 Å². The van der Waals surface area contributed by atoms with E-state index in [1.54, 1.807) is 11.8 Å². The zero-order valence-corrected chi connectivity index (χ0v) is 13.0. The van der Waals surface area contributed by atoms with Crippen molar-refractivity contribution < 1.29 is 14.7 Å². The summed E-state index contributed by atoms with van der Waals surface area (Å²) in [5, 5.41) is 12.2. The van der Waals surface area contributed by atoms with Crippen molar-refractivity contribution in [2.24, 2.45) is 5.92 Å². The number of piperidine rings is 1. The minimum atomic E-state index is -0.894. The number of aliphatic carboxylic acids is 1. The van der Waals surface area contributed by atoms with Crippen LogP contribution >= 0.6 is 11.8 Å². The molecule has 0 aromatic carbocycles. The Balaban J connectivity index is 1.91. The molecule has 0 spiro atoms. The molecule has 0 radical (unpaired) electrons. The third-order valence-corrected chi connectivity index (χ3v) is 6.09. The molecule has 2 aliphatic rings. The predicted molar refractivity (Wildman–Crippen MR) is 80.0 cm³/mol.